The number of hydrogen-bond acceptors (Lipinski definition) is 5. The first-order chi connectivity index (χ1) is 8.72. The number of β-amino-alcohol motifs (C(OH)–C–C–N with tert-alkyl or cyclic N) is 2. The van der Waals surface area contributed by atoms with Crippen LogP contribution in [-0.4, -0.2) is 84.6 Å². The van der Waals surface area contributed by atoms with E-state index in [0.29, 0.717) is 0 Å². The Kier molecular flexibility index (Phi) is 5.38. The molecular weight excluding hydrogens is 230 g/mol. The van der Waals surface area contributed by atoms with E-state index in [2.05, 4.69) is 15.1 Å². The van der Waals surface area contributed by atoms with E-state index in [0.717, 1.165) is 71.6 Å². The van der Waals surface area contributed by atoms with Crippen LogP contribution in [0.1, 0.15) is 19.3 Å². The lowest BCUT2D eigenvalue weighted by Crippen LogP contribution is -2.50. The molecule has 2 aliphatic heterocycles. The number of nitrogens with one attached hydrogen (secondary N) is 1. The Hall–Kier alpha value is -0.200. The third-order valence-corrected chi connectivity index (χ3v) is 4.15. The summed E-state index contributed by atoms with van der Waals surface area (Å²) in [6.07, 6.45) is 2.86. The van der Waals surface area contributed by atoms with E-state index in [-0.39, 0.29) is 6.61 Å². The first kappa shape index (κ1) is 14.2. The zero-order valence-electron chi connectivity index (χ0n) is 11.3. The SMILES string of the molecule is OCCN1CCCN(CC2(O)CCNCC2)CC1. The number of nitrogens with zero attached hydrogens (tertiary/aromatic N) is 2. The average Bonchev–Trinajstić information content (AvgIpc) is 2.56. The van der Waals surface area contributed by atoms with Crippen LogP contribution in [0, 0.1) is 0 Å². The van der Waals surface area contributed by atoms with Crippen molar-refractivity contribution in [2.45, 2.75) is 24.9 Å². The number of aliphatic hydroxyl groups is 2. The fourth-order valence-corrected chi connectivity index (χ4v) is 3.01. The zero-order valence-corrected chi connectivity index (χ0v) is 11.3. The molecule has 0 atom stereocenters. The molecule has 2 heterocycles. The van der Waals surface area contributed by atoms with Crippen LogP contribution in [0.5, 0.6) is 0 Å². The number of hydrogen-bond donors (Lipinski definition) is 3. The molecule has 0 aromatic carbocycles. The van der Waals surface area contributed by atoms with Gasteiger partial charge >= 0.3 is 0 Å². The van der Waals surface area contributed by atoms with Gasteiger partial charge in [0.05, 0.1) is 12.2 Å². The summed E-state index contributed by atoms with van der Waals surface area (Å²) < 4.78 is 0. The lowest BCUT2D eigenvalue weighted by Gasteiger charge is -2.37. The van der Waals surface area contributed by atoms with E-state index >= 15 is 0 Å². The van der Waals surface area contributed by atoms with Crippen LogP contribution in [0.15, 0.2) is 0 Å². The van der Waals surface area contributed by atoms with Gasteiger partial charge in [0.1, 0.15) is 0 Å². The zero-order chi connectivity index (χ0) is 12.8. The standard InChI is InChI=1S/C13H27N3O2/c17-11-10-15-6-1-7-16(9-8-15)12-13(18)2-4-14-5-3-13/h14,17-18H,1-12H2. The Morgan fingerprint density at radius 2 is 1.67 bits per heavy atom. The number of aliphatic hydroxyl groups excluding tert-OH is 1. The smallest absolute Gasteiger partial charge is 0.0798 e. The molecular formula is C13H27N3O2. The maximum Gasteiger partial charge on any atom is 0.0798 e. The van der Waals surface area contributed by atoms with E-state index in [9.17, 15) is 5.11 Å². The Balaban J connectivity index is 1.79. The molecule has 0 aliphatic carbocycles. The molecule has 0 aromatic rings. The van der Waals surface area contributed by atoms with Crippen LogP contribution in [0.25, 0.3) is 0 Å². The second-order valence-electron chi connectivity index (χ2n) is 5.67. The van der Waals surface area contributed by atoms with Gasteiger partial charge in [-0.1, -0.05) is 0 Å². The summed E-state index contributed by atoms with van der Waals surface area (Å²) in [6, 6.07) is 0. The molecule has 2 saturated heterocycles. The molecule has 0 spiro atoms. The van der Waals surface area contributed by atoms with Crippen LogP contribution >= 0.6 is 0 Å². The molecule has 0 amide bonds. The summed E-state index contributed by atoms with van der Waals surface area (Å²) in [5, 5.41) is 22.8. The highest BCUT2D eigenvalue weighted by Crippen LogP contribution is 2.20. The van der Waals surface area contributed by atoms with Gasteiger partial charge in [-0.2, -0.15) is 0 Å². The third kappa shape index (κ3) is 4.17. The predicted octanol–water partition coefficient (Wildman–Crippen LogP) is -0.899. The van der Waals surface area contributed by atoms with Crippen molar-refractivity contribution in [1.82, 2.24) is 15.1 Å². The highest BCUT2D eigenvalue weighted by Gasteiger charge is 2.31. The van der Waals surface area contributed by atoms with Crippen molar-refractivity contribution in [2.24, 2.45) is 0 Å². The minimum absolute atomic E-state index is 0.246. The van der Waals surface area contributed by atoms with Crippen LogP contribution in [-0.2, 0) is 0 Å². The highest BCUT2D eigenvalue weighted by atomic mass is 16.3. The van der Waals surface area contributed by atoms with Gasteiger partial charge in [0.15, 0.2) is 0 Å². The normalized spacial score (nSPS) is 27.0. The Morgan fingerprint density at radius 3 is 2.39 bits per heavy atom. The summed E-state index contributed by atoms with van der Waals surface area (Å²) in [5.41, 5.74) is -0.489. The van der Waals surface area contributed by atoms with Gasteiger partial charge in [-0.3, -0.25) is 9.80 Å². The van der Waals surface area contributed by atoms with Gasteiger partial charge < -0.3 is 15.5 Å². The van der Waals surface area contributed by atoms with Gasteiger partial charge in [0, 0.05) is 26.2 Å². The molecule has 5 heteroatoms. The van der Waals surface area contributed by atoms with Crippen molar-refractivity contribution in [3.05, 3.63) is 0 Å². The van der Waals surface area contributed by atoms with Crippen molar-refractivity contribution in [1.29, 1.82) is 0 Å². The van der Waals surface area contributed by atoms with E-state index in [1.54, 1.807) is 0 Å². The van der Waals surface area contributed by atoms with Crippen molar-refractivity contribution < 1.29 is 10.2 Å². The van der Waals surface area contributed by atoms with Gasteiger partial charge in [-0.25, -0.2) is 0 Å². The molecule has 0 saturated carbocycles. The topological polar surface area (TPSA) is 59.0 Å². The average molecular weight is 257 g/mol. The summed E-state index contributed by atoms with van der Waals surface area (Å²) in [4.78, 5) is 4.70. The molecule has 0 bridgehead atoms. The second kappa shape index (κ2) is 6.82. The van der Waals surface area contributed by atoms with Crippen LogP contribution in [0.2, 0.25) is 0 Å². The molecule has 2 fully saturated rings. The molecule has 0 unspecified atom stereocenters. The van der Waals surface area contributed by atoms with Crippen molar-refractivity contribution in [3.8, 4) is 0 Å². The Labute approximate surface area is 110 Å². The first-order valence-corrected chi connectivity index (χ1v) is 7.20. The van der Waals surface area contributed by atoms with Crippen LogP contribution in [0.4, 0.5) is 0 Å². The monoisotopic (exact) mass is 257 g/mol. The largest absolute Gasteiger partial charge is 0.395 e. The number of piperidine rings is 1. The molecule has 2 rings (SSSR count). The van der Waals surface area contributed by atoms with Crippen LogP contribution < -0.4 is 5.32 Å². The van der Waals surface area contributed by atoms with E-state index in [4.69, 9.17) is 5.11 Å². The van der Waals surface area contributed by atoms with Gasteiger partial charge in [-0.15, -0.1) is 0 Å². The molecule has 106 valence electrons. The lowest BCUT2D eigenvalue weighted by atomic mass is 9.92. The van der Waals surface area contributed by atoms with E-state index < -0.39 is 5.60 Å². The summed E-state index contributed by atoms with van der Waals surface area (Å²) in [7, 11) is 0. The van der Waals surface area contributed by atoms with Gasteiger partial charge in [-0.05, 0) is 45.4 Å². The third-order valence-electron chi connectivity index (χ3n) is 4.15. The lowest BCUT2D eigenvalue weighted by molar-refractivity contribution is -0.0200. The number of rotatable bonds is 4. The van der Waals surface area contributed by atoms with E-state index in [1.807, 2.05) is 0 Å². The fraction of sp³-hybridized carbons (Fsp3) is 1.00. The van der Waals surface area contributed by atoms with Crippen molar-refractivity contribution >= 4 is 0 Å². The molecule has 3 N–H and O–H groups in total. The van der Waals surface area contributed by atoms with Crippen LogP contribution in [0.3, 0.4) is 0 Å². The Bertz CT molecular complexity index is 244. The summed E-state index contributed by atoms with van der Waals surface area (Å²) >= 11 is 0. The van der Waals surface area contributed by atoms with Gasteiger partial charge in [0.25, 0.3) is 0 Å². The molecule has 2 aliphatic rings. The van der Waals surface area contributed by atoms with Crippen molar-refractivity contribution in [3.63, 3.8) is 0 Å². The predicted molar refractivity (Wildman–Crippen MR) is 71.6 cm³/mol. The first-order valence-electron chi connectivity index (χ1n) is 7.20. The minimum Gasteiger partial charge on any atom is -0.395 e. The van der Waals surface area contributed by atoms with Crippen molar-refractivity contribution in [2.75, 3.05) is 59.0 Å². The van der Waals surface area contributed by atoms with Gasteiger partial charge in [0.2, 0.25) is 0 Å². The quantitative estimate of drug-likeness (QED) is 0.609. The maximum absolute atomic E-state index is 10.5. The molecule has 0 aromatic heterocycles. The molecule has 5 nitrogen and oxygen atoms in total. The fourth-order valence-electron chi connectivity index (χ4n) is 3.01. The Morgan fingerprint density at radius 1 is 1.00 bits per heavy atom. The second-order valence-corrected chi connectivity index (χ2v) is 5.67. The minimum atomic E-state index is -0.489. The summed E-state index contributed by atoms with van der Waals surface area (Å²) in [6.45, 7) is 7.85. The summed E-state index contributed by atoms with van der Waals surface area (Å²) in [5.74, 6) is 0. The van der Waals surface area contributed by atoms with E-state index in [1.165, 1.54) is 0 Å². The molecule has 18 heavy (non-hydrogen) atoms. The highest BCUT2D eigenvalue weighted by molar-refractivity contribution is 4.88. The maximum atomic E-state index is 10.5. The molecule has 0 radical (unpaired) electrons.